The molecule has 0 saturated heterocycles. The van der Waals surface area contributed by atoms with Gasteiger partial charge >= 0.3 is 5.97 Å². The highest BCUT2D eigenvalue weighted by atomic mass is 16.5. The second-order valence-corrected chi connectivity index (χ2v) is 9.00. The zero-order chi connectivity index (χ0) is 21.7. The van der Waals surface area contributed by atoms with Gasteiger partial charge < -0.3 is 4.74 Å². The average molecular weight is 417 g/mol. The van der Waals surface area contributed by atoms with E-state index in [2.05, 4.69) is 38.1 Å². The average Bonchev–Trinajstić information content (AvgIpc) is 2.76. The third-order valence-electron chi connectivity index (χ3n) is 6.10. The number of esters is 1. The quantitative estimate of drug-likeness (QED) is 0.157. The van der Waals surface area contributed by atoms with Crippen LogP contribution >= 0.6 is 0 Å². The van der Waals surface area contributed by atoms with E-state index in [0.29, 0.717) is 18.9 Å². The highest BCUT2D eigenvalue weighted by Crippen LogP contribution is 2.20. The van der Waals surface area contributed by atoms with E-state index in [4.69, 9.17) is 4.74 Å². The molecule has 1 rings (SSSR count). The van der Waals surface area contributed by atoms with E-state index >= 15 is 0 Å². The molecule has 0 aliphatic rings. The van der Waals surface area contributed by atoms with Crippen molar-refractivity contribution in [3.63, 3.8) is 0 Å². The fourth-order valence-electron chi connectivity index (χ4n) is 4.10. The van der Waals surface area contributed by atoms with Crippen LogP contribution < -0.4 is 0 Å². The fourth-order valence-corrected chi connectivity index (χ4v) is 4.10. The Morgan fingerprint density at radius 2 is 1.27 bits per heavy atom. The number of hydrogen-bond donors (Lipinski definition) is 0. The number of hydrogen-bond acceptors (Lipinski definition) is 2. The molecule has 2 heteroatoms. The Bertz CT molecular complexity index is 497. The van der Waals surface area contributed by atoms with Crippen LogP contribution in [0.5, 0.6) is 0 Å². The molecular formula is C28H48O2. The van der Waals surface area contributed by atoms with Crippen molar-refractivity contribution < 1.29 is 9.53 Å². The van der Waals surface area contributed by atoms with Crippen molar-refractivity contribution in [2.75, 3.05) is 6.61 Å². The van der Waals surface area contributed by atoms with E-state index in [-0.39, 0.29) is 5.97 Å². The SMILES string of the molecule is CCCCCCCCCC(CCCCCCC)COC(=O)CCCc1ccccc1. The molecule has 0 bridgehead atoms. The molecule has 0 aromatic heterocycles. The first-order chi connectivity index (χ1) is 14.8. The van der Waals surface area contributed by atoms with Gasteiger partial charge in [0, 0.05) is 6.42 Å². The van der Waals surface area contributed by atoms with Gasteiger partial charge in [-0.05, 0) is 37.2 Å². The molecule has 0 aliphatic carbocycles. The number of benzene rings is 1. The maximum absolute atomic E-state index is 12.2. The normalized spacial score (nSPS) is 12.1. The van der Waals surface area contributed by atoms with Crippen LogP contribution in [-0.2, 0) is 16.0 Å². The number of unbranched alkanes of at least 4 members (excludes halogenated alkanes) is 10. The van der Waals surface area contributed by atoms with Gasteiger partial charge in [0.2, 0.25) is 0 Å². The Kier molecular flexibility index (Phi) is 17.5. The molecule has 1 atom stereocenters. The van der Waals surface area contributed by atoms with E-state index < -0.39 is 0 Å². The van der Waals surface area contributed by atoms with E-state index in [9.17, 15) is 4.79 Å². The van der Waals surface area contributed by atoms with Crippen molar-refractivity contribution in [1.29, 1.82) is 0 Å². The molecule has 0 spiro atoms. The van der Waals surface area contributed by atoms with Crippen molar-refractivity contribution in [3.05, 3.63) is 35.9 Å². The predicted octanol–water partition coefficient (Wildman–Crippen LogP) is 8.67. The number of carbonyl (C=O) groups is 1. The zero-order valence-electron chi connectivity index (χ0n) is 20.0. The molecule has 0 fully saturated rings. The van der Waals surface area contributed by atoms with Crippen molar-refractivity contribution >= 4 is 5.97 Å². The Morgan fingerprint density at radius 1 is 0.733 bits per heavy atom. The van der Waals surface area contributed by atoms with Crippen LogP contribution in [0.1, 0.15) is 122 Å². The molecule has 2 nitrogen and oxygen atoms in total. The topological polar surface area (TPSA) is 26.3 Å². The molecule has 0 saturated carbocycles. The van der Waals surface area contributed by atoms with Crippen LogP contribution in [0.4, 0.5) is 0 Å². The van der Waals surface area contributed by atoms with Crippen molar-refractivity contribution in [2.45, 2.75) is 123 Å². The molecule has 0 heterocycles. The van der Waals surface area contributed by atoms with Crippen molar-refractivity contribution in [3.8, 4) is 0 Å². The third kappa shape index (κ3) is 15.5. The Balaban J connectivity index is 2.22. The Labute approximate surface area is 187 Å². The lowest BCUT2D eigenvalue weighted by Crippen LogP contribution is -2.14. The Hall–Kier alpha value is -1.31. The summed E-state index contributed by atoms with van der Waals surface area (Å²) in [6.07, 6.45) is 20.9. The third-order valence-corrected chi connectivity index (χ3v) is 6.10. The van der Waals surface area contributed by atoms with Crippen LogP contribution in [0.3, 0.4) is 0 Å². The summed E-state index contributed by atoms with van der Waals surface area (Å²) < 4.78 is 5.69. The number of aryl methyl sites for hydroxylation is 1. The summed E-state index contributed by atoms with van der Waals surface area (Å²) in [5, 5.41) is 0. The fraction of sp³-hybridized carbons (Fsp3) is 0.750. The first-order valence-corrected chi connectivity index (χ1v) is 13.0. The van der Waals surface area contributed by atoms with Gasteiger partial charge in [0.25, 0.3) is 0 Å². The minimum absolute atomic E-state index is 0.0125. The summed E-state index contributed by atoms with van der Waals surface area (Å²) in [6.45, 7) is 5.17. The molecule has 30 heavy (non-hydrogen) atoms. The highest BCUT2D eigenvalue weighted by molar-refractivity contribution is 5.69. The lowest BCUT2D eigenvalue weighted by atomic mass is 9.95. The van der Waals surface area contributed by atoms with Crippen LogP contribution in [0, 0.1) is 5.92 Å². The minimum atomic E-state index is -0.0125. The summed E-state index contributed by atoms with van der Waals surface area (Å²) in [5.41, 5.74) is 1.30. The molecule has 1 aromatic rings. The van der Waals surface area contributed by atoms with Crippen LogP contribution in [-0.4, -0.2) is 12.6 Å². The van der Waals surface area contributed by atoms with Crippen LogP contribution in [0.2, 0.25) is 0 Å². The molecule has 172 valence electrons. The molecule has 0 aliphatic heterocycles. The molecular weight excluding hydrogens is 368 g/mol. The van der Waals surface area contributed by atoms with Gasteiger partial charge in [-0.3, -0.25) is 4.79 Å². The van der Waals surface area contributed by atoms with E-state index in [1.165, 1.54) is 95.5 Å². The number of carbonyl (C=O) groups excluding carboxylic acids is 1. The maximum Gasteiger partial charge on any atom is 0.305 e. The second kappa shape index (κ2) is 19.6. The highest BCUT2D eigenvalue weighted by Gasteiger charge is 2.12. The minimum Gasteiger partial charge on any atom is -0.465 e. The Morgan fingerprint density at radius 3 is 1.83 bits per heavy atom. The van der Waals surface area contributed by atoms with E-state index in [1.54, 1.807) is 0 Å². The summed E-state index contributed by atoms with van der Waals surface area (Å²) >= 11 is 0. The van der Waals surface area contributed by atoms with Crippen molar-refractivity contribution in [2.24, 2.45) is 5.92 Å². The van der Waals surface area contributed by atoms with Gasteiger partial charge in [0.05, 0.1) is 6.61 Å². The summed E-state index contributed by atoms with van der Waals surface area (Å²) in [6, 6.07) is 10.4. The maximum atomic E-state index is 12.2. The summed E-state index contributed by atoms with van der Waals surface area (Å²) in [4.78, 5) is 12.2. The lowest BCUT2D eigenvalue weighted by Gasteiger charge is -2.17. The van der Waals surface area contributed by atoms with E-state index in [1.807, 2.05) is 6.07 Å². The van der Waals surface area contributed by atoms with Gasteiger partial charge in [-0.2, -0.15) is 0 Å². The van der Waals surface area contributed by atoms with E-state index in [0.717, 1.165) is 12.8 Å². The molecule has 0 N–H and O–H groups in total. The number of ether oxygens (including phenoxy) is 1. The molecule has 1 unspecified atom stereocenters. The van der Waals surface area contributed by atoms with Gasteiger partial charge in [-0.15, -0.1) is 0 Å². The van der Waals surface area contributed by atoms with Gasteiger partial charge in [-0.25, -0.2) is 0 Å². The molecule has 1 aromatic carbocycles. The van der Waals surface area contributed by atoms with Gasteiger partial charge in [0.1, 0.15) is 0 Å². The van der Waals surface area contributed by atoms with Gasteiger partial charge in [-0.1, -0.05) is 121 Å². The summed E-state index contributed by atoms with van der Waals surface area (Å²) in [5.74, 6) is 0.543. The van der Waals surface area contributed by atoms with Gasteiger partial charge in [0.15, 0.2) is 0 Å². The standard InChI is InChI=1S/C28H48O2/c1-3-5-7-9-10-12-15-22-27(21-14-11-8-6-4-2)25-30-28(29)24-18-23-26-19-16-13-17-20-26/h13,16-17,19-20,27H,3-12,14-15,18,21-25H2,1-2H3. The van der Waals surface area contributed by atoms with Crippen LogP contribution in [0.25, 0.3) is 0 Å². The molecule has 0 radical (unpaired) electrons. The largest absolute Gasteiger partial charge is 0.465 e. The predicted molar refractivity (Wildman–Crippen MR) is 130 cm³/mol. The zero-order valence-corrected chi connectivity index (χ0v) is 20.0. The smallest absolute Gasteiger partial charge is 0.305 e. The van der Waals surface area contributed by atoms with Crippen molar-refractivity contribution in [1.82, 2.24) is 0 Å². The monoisotopic (exact) mass is 416 g/mol. The molecule has 0 amide bonds. The number of rotatable bonds is 20. The summed E-state index contributed by atoms with van der Waals surface area (Å²) in [7, 11) is 0. The first-order valence-electron chi connectivity index (χ1n) is 13.0. The second-order valence-electron chi connectivity index (χ2n) is 9.00. The lowest BCUT2D eigenvalue weighted by molar-refractivity contribution is -0.145. The van der Waals surface area contributed by atoms with Crippen LogP contribution in [0.15, 0.2) is 30.3 Å². The first kappa shape index (κ1) is 26.7.